The Morgan fingerprint density at radius 3 is 2.24 bits per heavy atom. The summed E-state index contributed by atoms with van der Waals surface area (Å²) in [7, 11) is 0. The molecule has 0 aliphatic rings. The molecule has 0 spiro atoms. The van der Waals surface area contributed by atoms with Crippen LogP contribution in [0, 0.1) is 12.8 Å². The average molecular weight is 492 g/mol. The number of alkyl halides is 3. The van der Waals surface area contributed by atoms with Gasteiger partial charge in [-0.25, -0.2) is 4.79 Å². The Bertz CT molecular complexity index is 1130. The monoisotopic (exact) mass is 491 g/mol. The van der Waals surface area contributed by atoms with Gasteiger partial charge >= 0.3 is 12.2 Å². The van der Waals surface area contributed by atoms with Crippen molar-refractivity contribution in [3.8, 4) is 10.6 Å². The molecule has 2 atom stereocenters. The molecular formula is C23H24F3N5O2S. The Morgan fingerprint density at radius 1 is 1.00 bits per heavy atom. The predicted octanol–water partition coefficient (Wildman–Crippen LogP) is 5.71. The summed E-state index contributed by atoms with van der Waals surface area (Å²) in [6, 6.07) is 10.2. The Hall–Kier alpha value is -3.47. The molecule has 2 aromatic carbocycles. The van der Waals surface area contributed by atoms with Crippen LogP contribution in [0.2, 0.25) is 0 Å². The molecule has 0 aliphatic heterocycles. The van der Waals surface area contributed by atoms with Gasteiger partial charge in [-0.2, -0.15) is 13.2 Å². The number of aryl methyl sites for hydroxylation is 1. The molecule has 34 heavy (non-hydrogen) atoms. The van der Waals surface area contributed by atoms with E-state index in [9.17, 15) is 22.8 Å². The van der Waals surface area contributed by atoms with E-state index >= 15 is 0 Å². The standard InChI is InChI=1S/C23H24F3N5O2S/c1-4-14(3)18(28-21(33)27-17-11-9-16(10-12-17)23(24,25)26)19(32)29-22-31-30-20(34-22)15-7-5-13(2)6-8-15/h5-12,14,18H,4H2,1-3H3,(H2,27,28,33)(H,29,31,32). The highest BCUT2D eigenvalue weighted by molar-refractivity contribution is 7.18. The summed E-state index contributed by atoms with van der Waals surface area (Å²) in [5.41, 5.74) is 1.33. The van der Waals surface area contributed by atoms with Gasteiger partial charge in [0.15, 0.2) is 0 Å². The van der Waals surface area contributed by atoms with E-state index < -0.39 is 29.7 Å². The zero-order chi connectivity index (χ0) is 24.9. The van der Waals surface area contributed by atoms with Crippen molar-refractivity contribution in [1.82, 2.24) is 15.5 Å². The van der Waals surface area contributed by atoms with Crippen molar-refractivity contribution in [1.29, 1.82) is 0 Å². The summed E-state index contributed by atoms with van der Waals surface area (Å²) in [6.07, 6.45) is -3.87. The maximum Gasteiger partial charge on any atom is 0.416 e. The molecule has 3 amide bonds. The third-order valence-electron chi connectivity index (χ3n) is 5.21. The molecule has 7 nitrogen and oxygen atoms in total. The number of halogens is 3. The highest BCUT2D eigenvalue weighted by Gasteiger charge is 2.30. The van der Waals surface area contributed by atoms with Crippen LogP contribution in [0.5, 0.6) is 0 Å². The summed E-state index contributed by atoms with van der Waals surface area (Å²) < 4.78 is 38.1. The molecule has 0 saturated carbocycles. The summed E-state index contributed by atoms with van der Waals surface area (Å²) >= 11 is 1.21. The van der Waals surface area contributed by atoms with Gasteiger partial charge in [0.25, 0.3) is 0 Å². The van der Waals surface area contributed by atoms with Gasteiger partial charge in [-0.15, -0.1) is 10.2 Å². The van der Waals surface area contributed by atoms with Gasteiger partial charge in [-0.1, -0.05) is 61.4 Å². The van der Waals surface area contributed by atoms with Crippen LogP contribution in [0.25, 0.3) is 10.6 Å². The van der Waals surface area contributed by atoms with Gasteiger partial charge in [-0.3, -0.25) is 10.1 Å². The molecule has 3 N–H and O–H groups in total. The smallest absolute Gasteiger partial charge is 0.326 e. The number of hydrogen-bond donors (Lipinski definition) is 3. The van der Waals surface area contributed by atoms with E-state index in [-0.39, 0.29) is 11.6 Å². The molecule has 0 saturated heterocycles. The molecule has 3 aromatic rings. The SMILES string of the molecule is CCC(C)C(NC(=O)Nc1ccc(C(F)(F)F)cc1)C(=O)Nc1nnc(-c2ccc(C)cc2)s1. The molecule has 0 fully saturated rings. The van der Waals surface area contributed by atoms with Gasteiger partial charge in [0, 0.05) is 11.3 Å². The zero-order valence-corrected chi connectivity index (χ0v) is 19.6. The van der Waals surface area contributed by atoms with Crippen molar-refractivity contribution in [2.75, 3.05) is 10.6 Å². The molecule has 11 heteroatoms. The third-order valence-corrected chi connectivity index (χ3v) is 6.09. The number of aromatic nitrogens is 2. The van der Waals surface area contributed by atoms with Crippen LogP contribution in [-0.2, 0) is 11.0 Å². The second kappa shape index (κ2) is 10.6. The van der Waals surface area contributed by atoms with E-state index in [2.05, 4.69) is 26.1 Å². The van der Waals surface area contributed by atoms with E-state index in [1.165, 1.54) is 11.3 Å². The topological polar surface area (TPSA) is 96.0 Å². The molecule has 0 aliphatic carbocycles. The normalized spacial score (nSPS) is 13.1. The van der Waals surface area contributed by atoms with Crippen LogP contribution in [0.4, 0.5) is 28.8 Å². The number of urea groups is 1. The van der Waals surface area contributed by atoms with Gasteiger partial charge in [-0.05, 0) is 37.1 Å². The Balaban J connectivity index is 1.65. The Kier molecular flexibility index (Phi) is 7.87. The van der Waals surface area contributed by atoms with Crippen LogP contribution in [0.1, 0.15) is 31.4 Å². The summed E-state index contributed by atoms with van der Waals surface area (Å²) in [4.78, 5) is 25.4. The van der Waals surface area contributed by atoms with Crippen LogP contribution >= 0.6 is 11.3 Å². The maximum atomic E-state index is 12.9. The Morgan fingerprint density at radius 2 is 1.65 bits per heavy atom. The minimum absolute atomic E-state index is 0.167. The lowest BCUT2D eigenvalue weighted by Crippen LogP contribution is -2.49. The number of amides is 3. The lowest BCUT2D eigenvalue weighted by Gasteiger charge is -2.23. The lowest BCUT2D eigenvalue weighted by atomic mass is 9.98. The molecule has 2 unspecified atom stereocenters. The van der Waals surface area contributed by atoms with E-state index in [0.717, 1.165) is 35.4 Å². The number of nitrogens with one attached hydrogen (secondary N) is 3. The number of benzene rings is 2. The molecule has 0 radical (unpaired) electrons. The fourth-order valence-electron chi connectivity index (χ4n) is 3.02. The number of rotatable bonds is 7. The minimum Gasteiger partial charge on any atom is -0.326 e. The summed E-state index contributed by atoms with van der Waals surface area (Å²) in [5.74, 6) is -0.689. The summed E-state index contributed by atoms with van der Waals surface area (Å²) in [5, 5.41) is 16.8. The third kappa shape index (κ3) is 6.53. The predicted molar refractivity (Wildman–Crippen MR) is 126 cm³/mol. The van der Waals surface area contributed by atoms with E-state index in [4.69, 9.17) is 0 Å². The largest absolute Gasteiger partial charge is 0.416 e. The summed E-state index contributed by atoms with van der Waals surface area (Å²) in [6.45, 7) is 5.66. The molecule has 180 valence electrons. The number of carbonyl (C=O) groups excluding carboxylic acids is 2. The van der Waals surface area contributed by atoms with Crippen LogP contribution in [-0.4, -0.2) is 28.2 Å². The second-order valence-electron chi connectivity index (χ2n) is 7.80. The second-order valence-corrected chi connectivity index (χ2v) is 8.78. The molecule has 3 rings (SSSR count). The van der Waals surface area contributed by atoms with E-state index in [0.29, 0.717) is 16.6 Å². The quantitative estimate of drug-likeness (QED) is 0.395. The van der Waals surface area contributed by atoms with Crippen molar-refractivity contribution >= 4 is 34.1 Å². The van der Waals surface area contributed by atoms with E-state index in [1.807, 2.05) is 38.1 Å². The van der Waals surface area contributed by atoms with Crippen molar-refractivity contribution < 1.29 is 22.8 Å². The van der Waals surface area contributed by atoms with Crippen molar-refractivity contribution in [2.45, 2.75) is 39.4 Å². The van der Waals surface area contributed by atoms with Crippen LogP contribution in [0.15, 0.2) is 48.5 Å². The highest BCUT2D eigenvalue weighted by atomic mass is 32.1. The zero-order valence-electron chi connectivity index (χ0n) is 18.7. The van der Waals surface area contributed by atoms with Crippen LogP contribution < -0.4 is 16.0 Å². The Labute approximate surface area is 198 Å². The average Bonchev–Trinajstić information content (AvgIpc) is 3.25. The molecule has 1 heterocycles. The number of hydrogen-bond acceptors (Lipinski definition) is 5. The minimum atomic E-state index is -4.47. The molecule has 1 aromatic heterocycles. The maximum absolute atomic E-state index is 12.9. The lowest BCUT2D eigenvalue weighted by molar-refractivity contribution is -0.137. The van der Waals surface area contributed by atoms with Gasteiger partial charge in [0.2, 0.25) is 11.0 Å². The fourth-order valence-corrected chi connectivity index (χ4v) is 3.77. The number of nitrogens with zero attached hydrogens (tertiary/aromatic N) is 2. The first-order chi connectivity index (χ1) is 16.1. The first-order valence-corrected chi connectivity index (χ1v) is 11.3. The highest BCUT2D eigenvalue weighted by Crippen LogP contribution is 2.30. The van der Waals surface area contributed by atoms with Gasteiger partial charge in [0.1, 0.15) is 11.0 Å². The van der Waals surface area contributed by atoms with Crippen molar-refractivity contribution in [3.05, 3.63) is 59.7 Å². The first-order valence-electron chi connectivity index (χ1n) is 10.5. The van der Waals surface area contributed by atoms with Crippen LogP contribution in [0.3, 0.4) is 0 Å². The fraction of sp³-hybridized carbons (Fsp3) is 0.304. The molecular weight excluding hydrogens is 467 g/mol. The number of carbonyl (C=O) groups is 2. The van der Waals surface area contributed by atoms with Gasteiger partial charge in [0.05, 0.1) is 5.56 Å². The van der Waals surface area contributed by atoms with E-state index in [1.54, 1.807) is 6.92 Å². The van der Waals surface area contributed by atoms with Crippen molar-refractivity contribution in [2.24, 2.45) is 5.92 Å². The first kappa shape index (κ1) is 25.2. The van der Waals surface area contributed by atoms with Gasteiger partial charge < -0.3 is 10.6 Å². The number of anilines is 2. The van der Waals surface area contributed by atoms with Crippen molar-refractivity contribution in [3.63, 3.8) is 0 Å². The molecule has 0 bridgehead atoms.